The van der Waals surface area contributed by atoms with E-state index < -0.39 is 18.1 Å². The highest BCUT2D eigenvalue weighted by atomic mass is 16.6. The number of carboxylic acid groups (broad SMARTS) is 1. The number of carboxylic acids is 1. The van der Waals surface area contributed by atoms with Gasteiger partial charge in [0.15, 0.2) is 6.10 Å². The third kappa shape index (κ3) is 49.3. The number of ether oxygens (including phenoxy) is 3. The van der Waals surface area contributed by atoms with Crippen molar-refractivity contribution in [2.75, 3.05) is 41.0 Å². The van der Waals surface area contributed by atoms with Gasteiger partial charge in [0.05, 0.1) is 40.3 Å². The van der Waals surface area contributed by atoms with Gasteiger partial charge in [-0.25, -0.2) is 0 Å². The lowest BCUT2D eigenvalue weighted by Crippen LogP contribution is -2.55. The van der Waals surface area contributed by atoms with E-state index in [-0.39, 0.29) is 49.1 Å². The Labute approximate surface area is 424 Å². The first kappa shape index (κ1) is 65.5. The third-order valence-electron chi connectivity index (χ3n) is 12.3. The van der Waals surface area contributed by atoms with Gasteiger partial charge in [-0.1, -0.05) is 234 Å². The number of carbonyl (C=O) groups is 3. The number of hydrogen-bond donors (Lipinski definition) is 0. The molecule has 69 heavy (non-hydrogen) atoms. The number of nitrogens with zero attached hydrogens (tertiary/aromatic N) is 1. The SMILES string of the molecule is CC/C=C/C/C=C/C/C=C/C/C=C/C/C=C/C/C=C/C/C=C/CCCC(=O)OC(COCCC(C(=O)[O-])[N+](C)(C)C)COC(=O)CCCCCCCCCCCCCCCCCCCCCCCC. The summed E-state index contributed by atoms with van der Waals surface area (Å²) in [5.41, 5.74) is 0. The molecule has 0 aromatic carbocycles. The number of carbonyl (C=O) groups excluding carboxylic acids is 3. The number of hydrogen-bond acceptors (Lipinski definition) is 7. The lowest BCUT2D eigenvalue weighted by atomic mass is 10.0. The minimum Gasteiger partial charge on any atom is -0.544 e. The van der Waals surface area contributed by atoms with Gasteiger partial charge in [-0.05, 0) is 64.2 Å². The predicted molar refractivity (Wildman–Crippen MR) is 291 cm³/mol. The van der Waals surface area contributed by atoms with Crippen molar-refractivity contribution in [3.8, 4) is 0 Å². The molecule has 8 heteroatoms. The van der Waals surface area contributed by atoms with Crippen LogP contribution in [0.4, 0.5) is 0 Å². The van der Waals surface area contributed by atoms with Crippen LogP contribution >= 0.6 is 0 Å². The van der Waals surface area contributed by atoms with E-state index in [1.54, 1.807) is 21.1 Å². The number of rotatable bonds is 50. The summed E-state index contributed by atoms with van der Waals surface area (Å²) < 4.78 is 17.2. The summed E-state index contributed by atoms with van der Waals surface area (Å²) >= 11 is 0. The van der Waals surface area contributed by atoms with Crippen molar-refractivity contribution in [3.05, 3.63) is 85.1 Å². The van der Waals surface area contributed by atoms with Crippen LogP contribution in [0.3, 0.4) is 0 Å². The largest absolute Gasteiger partial charge is 0.544 e. The molecule has 2 unspecified atom stereocenters. The molecule has 0 amide bonds. The standard InChI is InChI=1S/C61H105NO7/c1-6-8-10-12-14-16-18-20-22-24-26-28-30-32-34-36-38-40-42-44-46-48-50-52-60(64)69-57(55-67-54-53-58(61(65)66)62(3,4)5)56-68-59(63)51-49-47-45-43-41-39-37-35-33-31-29-27-25-23-21-19-17-15-13-11-9-7-2/h8,10,14,16,20,22,26,28,32,34,38,40,44,46,57-58H,6-7,9,11-13,15,17-19,21,23-25,27,29-31,33,35-37,39,41-43,45,47-56H2,1-5H3/b10-8+,16-14+,22-20+,28-26+,34-32+,40-38+,46-44+. The fraction of sp³-hybridized carbons (Fsp3) is 0.721. The Morgan fingerprint density at radius 2 is 0.812 bits per heavy atom. The maximum absolute atomic E-state index is 12.8. The molecule has 0 aliphatic carbocycles. The smallest absolute Gasteiger partial charge is 0.306 e. The number of likely N-dealkylation sites (N-methyl/N-ethyl adjacent to an activating group) is 1. The number of allylic oxidation sites excluding steroid dienone is 14. The van der Waals surface area contributed by atoms with Crippen molar-refractivity contribution >= 4 is 17.9 Å². The number of quaternary nitrogens is 1. The Hall–Kier alpha value is -3.49. The van der Waals surface area contributed by atoms with Gasteiger partial charge in [-0.3, -0.25) is 9.59 Å². The molecule has 0 bridgehead atoms. The van der Waals surface area contributed by atoms with Gasteiger partial charge in [-0.2, -0.15) is 0 Å². The fourth-order valence-corrected chi connectivity index (χ4v) is 8.00. The quantitative estimate of drug-likeness (QED) is 0.0259. The molecular weight excluding hydrogens is 859 g/mol. The second kappa shape index (κ2) is 50.9. The third-order valence-corrected chi connectivity index (χ3v) is 12.3. The van der Waals surface area contributed by atoms with Crippen molar-refractivity contribution in [1.29, 1.82) is 0 Å². The molecule has 0 spiro atoms. The topological polar surface area (TPSA) is 102 Å². The van der Waals surface area contributed by atoms with Gasteiger partial charge in [0.1, 0.15) is 12.6 Å². The number of unbranched alkanes of at least 4 members (excludes halogenated alkanes) is 22. The minimum atomic E-state index is -1.13. The van der Waals surface area contributed by atoms with Crippen molar-refractivity contribution in [2.24, 2.45) is 0 Å². The molecule has 0 heterocycles. The highest BCUT2D eigenvalue weighted by Crippen LogP contribution is 2.16. The summed E-state index contributed by atoms with van der Waals surface area (Å²) in [6.45, 7) is 4.51. The van der Waals surface area contributed by atoms with Gasteiger partial charge < -0.3 is 28.6 Å². The molecule has 8 nitrogen and oxygen atoms in total. The van der Waals surface area contributed by atoms with Crippen LogP contribution in [0.5, 0.6) is 0 Å². The summed E-state index contributed by atoms with van der Waals surface area (Å²) in [6.07, 6.45) is 67.8. The summed E-state index contributed by atoms with van der Waals surface area (Å²) in [7, 11) is 5.40. The Bertz CT molecular complexity index is 1400. The second-order valence-corrected chi connectivity index (χ2v) is 19.8. The molecule has 0 fully saturated rings. The van der Waals surface area contributed by atoms with Crippen molar-refractivity contribution in [1.82, 2.24) is 0 Å². The van der Waals surface area contributed by atoms with Crippen LogP contribution in [0.15, 0.2) is 85.1 Å². The maximum atomic E-state index is 12.8. The van der Waals surface area contributed by atoms with Gasteiger partial charge in [0.25, 0.3) is 0 Å². The van der Waals surface area contributed by atoms with E-state index >= 15 is 0 Å². The van der Waals surface area contributed by atoms with E-state index in [4.69, 9.17) is 14.2 Å². The van der Waals surface area contributed by atoms with Crippen LogP contribution < -0.4 is 5.11 Å². The van der Waals surface area contributed by atoms with Crippen LogP contribution in [-0.2, 0) is 28.6 Å². The molecule has 0 rings (SSSR count). The first-order valence-corrected chi connectivity index (χ1v) is 28.1. The number of aliphatic carboxylic acids is 1. The molecule has 2 atom stereocenters. The highest BCUT2D eigenvalue weighted by molar-refractivity contribution is 5.70. The zero-order chi connectivity index (χ0) is 50.6. The summed E-state index contributed by atoms with van der Waals surface area (Å²) in [4.78, 5) is 37.1. The Morgan fingerprint density at radius 3 is 1.19 bits per heavy atom. The van der Waals surface area contributed by atoms with E-state index in [0.29, 0.717) is 12.8 Å². The maximum Gasteiger partial charge on any atom is 0.306 e. The molecule has 0 saturated heterocycles. The zero-order valence-corrected chi connectivity index (χ0v) is 45.2. The molecule has 0 saturated carbocycles. The van der Waals surface area contributed by atoms with Crippen LogP contribution in [0.2, 0.25) is 0 Å². The Kier molecular flexibility index (Phi) is 48.3. The predicted octanol–water partition coefficient (Wildman–Crippen LogP) is 15.5. The fourth-order valence-electron chi connectivity index (χ4n) is 8.00. The van der Waals surface area contributed by atoms with E-state index in [1.165, 1.54) is 122 Å². The van der Waals surface area contributed by atoms with E-state index in [0.717, 1.165) is 70.6 Å². The zero-order valence-electron chi connectivity index (χ0n) is 45.2. The first-order chi connectivity index (χ1) is 33.6. The van der Waals surface area contributed by atoms with Gasteiger partial charge in [0.2, 0.25) is 0 Å². The average molecular weight is 965 g/mol. The van der Waals surface area contributed by atoms with Crippen molar-refractivity contribution in [3.63, 3.8) is 0 Å². The first-order valence-electron chi connectivity index (χ1n) is 28.1. The van der Waals surface area contributed by atoms with Crippen LogP contribution in [0.25, 0.3) is 0 Å². The van der Waals surface area contributed by atoms with E-state index in [1.807, 2.05) is 0 Å². The molecule has 0 aliphatic rings. The molecule has 396 valence electrons. The summed E-state index contributed by atoms with van der Waals surface area (Å²) in [6, 6.07) is -0.741. The lowest BCUT2D eigenvalue weighted by Gasteiger charge is -2.34. The summed E-state index contributed by atoms with van der Waals surface area (Å²) in [5.74, 6) is -1.81. The monoisotopic (exact) mass is 964 g/mol. The van der Waals surface area contributed by atoms with Crippen molar-refractivity contribution < 1.29 is 38.2 Å². The second-order valence-electron chi connectivity index (χ2n) is 19.8. The van der Waals surface area contributed by atoms with Gasteiger partial charge in [0, 0.05) is 19.3 Å². The molecule has 0 N–H and O–H groups in total. The minimum absolute atomic E-state index is 0.0151. The van der Waals surface area contributed by atoms with Gasteiger partial charge >= 0.3 is 11.9 Å². The summed E-state index contributed by atoms with van der Waals surface area (Å²) in [5, 5.41) is 11.7. The molecule has 0 aromatic rings. The van der Waals surface area contributed by atoms with Crippen LogP contribution in [0.1, 0.15) is 232 Å². The van der Waals surface area contributed by atoms with E-state index in [9.17, 15) is 19.5 Å². The average Bonchev–Trinajstić information content (AvgIpc) is 3.31. The Balaban J connectivity index is 4.29. The molecule has 0 aliphatic heterocycles. The van der Waals surface area contributed by atoms with E-state index in [2.05, 4.69) is 98.9 Å². The lowest BCUT2D eigenvalue weighted by molar-refractivity contribution is -0.889. The molecule has 0 radical (unpaired) electrons. The van der Waals surface area contributed by atoms with Crippen LogP contribution in [-0.4, -0.2) is 75.5 Å². The number of esters is 2. The van der Waals surface area contributed by atoms with Crippen LogP contribution in [0, 0.1) is 0 Å². The van der Waals surface area contributed by atoms with Crippen molar-refractivity contribution in [2.45, 2.75) is 244 Å². The molecule has 0 aromatic heterocycles. The highest BCUT2D eigenvalue weighted by Gasteiger charge is 2.25. The van der Waals surface area contributed by atoms with Gasteiger partial charge in [-0.15, -0.1) is 0 Å². The Morgan fingerprint density at radius 1 is 0.449 bits per heavy atom. The molecular formula is C61H105NO7. The normalized spacial score (nSPS) is 13.5.